The van der Waals surface area contributed by atoms with Gasteiger partial charge in [-0.2, -0.15) is 0 Å². The van der Waals surface area contributed by atoms with Crippen LogP contribution < -0.4 is 10.1 Å². The van der Waals surface area contributed by atoms with Crippen LogP contribution in [0.1, 0.15) is 20.9 Å². The number of furan rings is 1. The van der Waals surface area contributed by atoms with Crippen molar-refractivity contribution in [1.82, 2.24) is 4.98 Å². The summed E-state index contributed by atoms with van der Waals surface area (Å²) < 4.78 is 16.0. The Morgan fingerprint density at radius 1 is 1.12 bits per heavy atom. The number of ether oxygens (including phenoxy) is 2. The largest absolute Gasteiger partial charge is 0.497 e. The van der Waals surface area contributed by atoms with Crippen LogP contribution in [0.4, 0.5) is 10.8 Å². The van der Waals surface area contributed by atoms with E-state index in [1.807, 2.05) is 0 Å². The molecule has 0 aliphatic carbocycles. The van der Waals surface area contributed by atoms with Gasteiger partial charge in [0.15, 0.2) is 10.9 Å². The minimum Gasteiger partial charge on any atom is -0.497 e. The lowest BCUT2D eigenvalue weighted by Crippen LogP contribution is -2.10. The molecule has 1 amide bonds. The third-order valence-electron chi connectivity index (χ3n) is 4.53. The van der Waals surface area contributed by atoms with Crippen LogP contribution in [-0.4, -0.2) is 36.0 Å². The fourth-order valence-electron chi connectivity index (χ4n) is 2.98. The molecule has 1 N–H and O–H groups in total. The van der Waals surface area contributed by atoms with Crippen molar-refractivity contribution < 1.29 is 28.4 Å². The van der Waals surface area contributed by atoms with Gasteiger partial charge in [0, 0.05) is 0 Å². The molecule has 0 spiro atoms. The molecular formula is C21H15N3O7S. The van der Waals surface area contributed by atoms with E-state index in [-0.39, 0.29) is 22.8 Å². The highest BCUT2D eigenvalue weighted by atomic mass is 32.1. The Labute approximate surface area is 184 Å². The summed E-state index contributed by atoms with van der Waals surface area (Å²) >= 11 is 1.18. The fourth-order valence-corrected chi connectivity index (χ4v) is 3.88. The average Bonchev–Trinajstić information content (AvgIpc) is 3.44. The first kappa shape index (κ1) is 21.0. The first-order valence-electron chi connectivity index (χ1n) is 9.12. The summed E-state index contributed by atoms with van der Waals surface area (Å²) in [7, 11) is 2.70. The quantitative estimate of drug-likeness (QED) is 0.256. The van der Waals surface area contributed by atoms with E-state index in [9.17, 15) is 19.7 Å². The lowest BCUT2D eigenvalue weighted by molar-refractivity contribution is -0.384. The van der Waals surface area contributed by atoms with Crippen LogP contribution in [0.25, 0.3) is 21.5 Å². The molecule has 2 aromatic heterocycles. The Morgan fingerprint density at radius 2 is 1.94 bits per heavy atom. The molecule has 2 aromatic carbocycles. The molecular weight excluding hydrogens is 438 g/mol. The number of carbonyl (C=O) groups excluding carboxylic acids is 2. The summed E-state index contributed by atoms with van der Waals surface area (Å²) in [4.78, 5) is 39.5. The van der Waals surface area contributed by atoms with Crippen molar-refractivity contribution in [2.75, 3.05) is 19.5 Å². The molecule has 32 heavy (non-hydrogen) atoms. The third kappa shape index (κ3) is 4.01. The average molecular weight is 453 g/mol. The summed E-state index contributed by atoms with van der Waals surface area (Å²) in [5.74, 6) is -0.589. The molecule has 0 bridgehead atoms. The number of thiazole rings is 1. The highest BCUT2D eigenvalue weighted by molar-refractivity contribution is 7.22. The Morgan fingerprint density at radius 3 is 2.66 bits per heavy atom. The van der Waals surface area contributed by atoms with Gasteiger partial charge in [-0.3, -0.25) is 20.2 Å². The Kier molecular flexibility index (Phi) is 5.56. The number of hydrogen-bond donors (Lipinski definition) is 1. The number of aromatic nitrogens is 1. The van der Waals surface area contributed by atoms with Crippen LogP contribution in [0.5, 0.6) is 5.75 Å². The first-order chi connectivity index (χ1) is 15.4. The minimum absolute atomic E-state index is 0.0420. The number of nitrogens with one attached hydrogen (secondary N) is 1. The van der Waals surface area contributed by atoms with E-state index in [2.05, 4.69) is 10.3 Å². The molecule has 0 fully saturated rings. The Hall–Kier alpha value is -4.25. The van der Waals surface area contributed by atoms with E-state index in [1.54, 1.807) is 24.3 Å². The number of hydrogen-bond acceptors (Lipinski definition) is 9. The molecule has 4 rings (SSSR count). The topological polar surface area (TPSA) is 134 Å². The Bertz CT molecular complexity index is 1360. The summed E-state index contributed by atoms with van der Waals surface area (Å²) in [6, 6.07) is 12.1. The zero-order chi connectivity index (χ0) is 22.8. The molecule has 162 valence electrons. The number of nitro groups is 1. The van der Waals surface area contributed by atoms with E-state index in [0.717, 1.165) is 0 Å². The third-order valence-corrected chi connectivity index (χ3v) is 5.46. The molecule has 2 heterocycles. The SMILES string of the molecule is COC(=O)c1ccc2nc(NC(=O)c3ccc(-c4ccc(OC)cc4[N+](=O)[O-])o3)sc2c1. The second-order valence-electron chi connectivity index (χ2n) is 6.45. The maximum atomic E-state index is 12.6. The van der Waals surface area contributed by atoms with Crippen molar-refractivity contribution in [3.63, 3.8) is 0 Å². The van der Waals surface area contributed by atoms with Crippen molar-refractivity contribution in [1.29, 1.82) is 0 Å². The predicted molar refractivity (Wildman–Crippen MR) is 116 cm³/mol. The highest BCUT2D eigenvalue weighted by Crippen LogP contribution is 2.34. The van der Waals surface area contributed by atoms with Gasteiger partial charge in [0.05, 0.1) is 46.6 Å². The zero-order valence-electron chi connectivity index (χ0n) is 16.8. The number of carbonyl (C=O) groups is 2. The van der Waals surface area contributed by atoms with Crippen LogP contribution in [0.15, 0.2) is 52.9 Å². The van der Waals surface area contributed by atoms with E-state index < -0.39 is 16.8 Å². The smallest absolute Gasteiger partial charge is 0.337 e. The summed E-state index contributed by atoms with van der Waals surface area (Å²) in [5.41, 5.74) is 0.980. The van der Waals surface area contributed by atoms with Crippen LogP contribution in [0, 0.1) is 10.1 Å². The maximum absolute atomic E-state index is 12.6. The van der Waals surface area contributed by atoms with Gasteiger partial charge in [-0.05, 0) is 42.5 Å². The van der Waals surface area contributed by atoms with Crippen LogP contribution in [-0.2, 0) is 4.74 Å². The lowest BCUT2D eigenvalue weighted by Gasteiger charge is -2.03. The van der Waals surface area contributed by atoms with Gasteiger partial charge in [0.25, 0.3) is 11.6 Å². The monoisotopic (exact) mass is 453 g/mol. The molecule has 0 radical (unpaired) electrons. The molecule has 0 aliphatic heterocycles. The molecule has 11 heteroatoms. The first-order valence-corrected chi connectivity index (χ1v) is 9.94. The van der Waals surface area contributed by atoms with Crippen LogP contribution in [0.2, 0.25) is 0 Å². The molecule has 0 saturated heterocycles. The van der Waals surface area contributed by atoms with Gasteiger partial charge in [0.1, 0.15) is 11.5 Å². The molecule has 0 aliphatic rings. The normalized spacial score (nSPS) is 10.7. The van der Waals surface area contributed by atoms with Crippen molar-refractivity contribution >= 4 is 44.2 Å². The summed E-state index contributed by atoms with van der Waals surface area (Å²) in [5, 5.41) is 14.4. The van der Waals surface area contributed by atoms with Gasteiger partial charge in [-0.1, -0.05) is 11.3 Å². The number of esters is 1. The van der Waals surface area contributed by atoms with Gasteiger partial charge in [0.2, 0.25) is 0 Å². The number of fused-ring (bicyclic) bond motifs is 1. The predicted octanol–water partition coefficient (Wildman–Crippen LogP) is 4.51. The second kappa shape index (κ2) is 8.47. The standard InChI is InChI=1S/C21H15N3O7S/c1-29-12-4-5-13(15(10-12)24(27)28)16-7-8-17(31-16)19(25)23-21-22-14-6-3-11(20(26)30-2)9-18(14)32-21/h3-10H,1-2H3,(H,22,23,25). The number of anilines is 1. The number of rotatable bonds is 6. The van der Waals surface area contributed by atoms with E-state index >= 15 is 0 Å². The zero-order valence-corrected chi connectivity index (χ0v) is 17.6. The van der Waals surface area contributed by atoms with Crippen molar-refractivity contribution in [3.05, 3.63) is 70.0 Å². The lowest BCUT2D eigenvalue weighted by atomic mass is 10.1. The molecule has 0 atom stereocenters. The Balaban J connectivity index is 1.57. The number of benzene rings is 2. The molecule has 0 unspecified atom stereocenters. The number of methoxy groups -OCH3 is 2. The van der Waals surface area contributed by atoms with Crippen molar-refractivity contribution in [2.24, 2.45) is 0 Å². The van der Waals surface area contributed by atoms with E-state index in [1.165, 1.54) is 49.8 Å². The fraction of sp³-hybridized carbons (Fsp3) is 0.0952. The minimum atomic E-state index is -0.570. The van der Waals surface area contributed by atoms with Crippen LogP contribution in [0.3, 0.4) is 0 Å². The van der Waals surface area contributed by atoms with Gasteiger partial charge < -0.3 is 13.9 Å². The number of nitrogens with zero attached hydrogens (tertiary/aromatic N) is 2. The summed E-state index contributed by atoms with van der Waals surface area (Å²) in [6.45, 7) is 0. The van der Waals surface area contributed by atoms with Crippen molar-refractivity contribution in [2.45, 2.75) is 0 Å². The van der Waals surface area contributed by atoms with E-state index in [4.69, 9.17) is 13.9 Å². The van der Waals surface area contributed by atoms with Gasteiger partial charge in [-0.15, -0.1) is 0 Å². The second-order valence-corrected chi connectivity index (χ2v) is 7.48. The van der Waals surface area contributed by atoms with Crippen molar-refractivity contribution in [3.8, 4) is 17.1 Å². The molecule has 0 saturated carbocycles. The highest BCUT2D eigenvalue weighted by Gasteiger charge is 2.21. The van der Waals surface area contributed by atoms with Gasteiger partial charge >= 0.3 is 5.97 Å². The number of amides is 1. The molecule has 10 nitrogen and oxygen atoms in total. The van der Waals surface area contributed by atoms with Gasteiger partial charge in [-0.25, -0.2) is 9.78 Å². The van der Waals surface area contributed by atoms with Crippen LogP contribution >= 0.6 is 11.3 Å². The summed E-state index contributed by atoms with van der Waals surface area (Å²) in [6.07, 6.45) is 0. The van der Waals surface area contributed by atoms with E-state index in [0.29, 0.717) is 26.7 Å². The maximum Gasteiger partial charge on any atom is 0.337 e. The molecule has 4 aromatic rings. The number of nitro benzene ring substituents is 1.